The number of carbonyl (C=O) groups is 4. The SMILES string of the molecule is C[C@@H]1c2c(/C=C/C(=O)NC(C)(C)C)ccc(O)c2C(O)=C2C(=O)[C@@]3(O)C(O)=C(C(N)=O)C(=O)[C@H](N(C)C)[C@H]3[C@H](O)[C@H]21. The first-order chi connectivity index (χ1) is 18.9. The molecule has 0 aromatic heterocycles. The number of aromatic hydroxyl groups is 1. The van der Waals surface area contributed by atoms with E-state index in [0.717, 1.165) is 0 Å². The molecule has 0 spiro atoms. The molecule has 220 valence electrons. The molecule has 4 rings (SSSR count). The summed E-state index contributed by atoms with van der Waals surface area (Å²) in [6.07, 6.45) is 1.04. The van der Waals surface area contributed by atoms with Gasteiger partial charge in [0.05, 0.1) is 23.6 Å². The van der Waals surface area contributed by atoms with Gasteiger partial charge in [-0.25, -0.2) is 0 Å². The predicted octanol–water partition coefficient (Wildman–Crippen LogP) is 0.424. The summed E-state index contributed by atoms with van der Waals surface area (Å²) in [7, 11) is 2.88. The Morgan fingerprint density at radius 2 is 1.73 bits per heavy atom. The van der Waals surface area contributed by atoms with Gasteiger partial charge in [-0.15, -0.1) is 0 Å². The van der Waals surface area contributed by atoms with Gasteiger partial charge >= 0.3 is 0 Å². The van der Waals surface area contributed by atoms with E-state index in [1.807, 2.05) is 20.8 Å². The lowest BCUT2D eigenvalue weighted by molar-refractivity contribution is -0.169. The molecule has 12 nitrogen and oxygen atoms in total. The third kappa shape index (κ3) is 4.42. The smallest absolute Gasteiger partial charge is 0.255 e. The molecule has 0 heterocycles. The van der Waals surface area contributed by atoms with Gasteiger partial charge in [-0.2, -0.15) is 0 Å². The molecule has 2 amide bonds. The molecular formula is C29H35N3O9. The number of likely N-dealkylation sites (N-methyl/N-ethyl adjacent to an activating group) is 1. The molecule has 3 aliphatic rings. The van der Waals surface area contributed by atoms with Crippen molar-refractivity contribution in [3.8, 4) is 5.75 Å². The fourth-order valence-corrected chi connectivity index (χ4v) is 6.45. The third-order valence-electron chi connectivity index (χ3n) is 8.05. The van der Waals surface area contributed by atoms with Gasteiger partial charge in [0.15, 0.2) is 11.4 Å². The van der Waals surface area contributed by atoms with Gasteiger partial charge < -0.3 is 36.6 Å². The van der Waals surface area contributed by atoms with Crippen LogP contribution in [0.15, 0.2) is 35.1 Å². The van der Waals surface area contributed by atoms with Crippen LogP contribution >= 0.6 is 0 Å². The molecule has 0 bridgehead atoms. The van der Waals surface area contributed by atoms with Gasteiger partial charge in [-0.1, -0.05) is 13.0 Å². The van der Waals surface area contributed by atoms with E-state index >= 15 is 0 Å². The highest BCUT2D eigenvalue weighted by molar-refractivity contribution is 6.24. The Bertz CT molecular complexity index is 1470. The predicted molar refractivity (Wildman–Crippen MR) is 147 cm³/mol. The molecule has 8 N–H and O–H groups in total. The van der Waals surface area contributed by atoms with Crippen molar-refractivity contribution in [1.82, 2.24) is 10.2 Å². The number of amides is 2. The van der Waals surface area contributed by atoms with Crippen LogP contribution in [0, 0.1) is 11.8 Å². The van der Waals surface area contributed by atoms with Crippen molar-refractivity contribution in [3.05, 3.63) is 51.8 Å². The normalized spacial score (nSPS) is 29.9. The number of nitrogens with one attached hydrogen (secondary N) is 1. The number of ketones is 2. The van der Waals surface area contributed by atoms with Crippen molar-refractivity contribution in [3.63, 3.8) is 0 Å². The number of carbonyl (C=O) groups excluding carboxylic acids is 4. The minimum atomic E-state index is -2.98. The maximum Gasteiger partial charge on any atom is 0.255 e. The third-order valence-corrected chi connectivity index (χ3v) is 8.05. The minimum absolute atomic E-state index is 0.153. The van der Waals surface area contributed by atoms with Crippen molar-refractivity contribution in [2.75, 3.05) is 14.1 Å². The van der Waals surface area contributed by atoms with Crippen LogP contribution in [0.1, 0.15) is 50.3 Å². The van der Waals surface area contributed by atoms with Gasteiger partial charge in [-0.05, 0) is 64.1 Å². The number of fused-ring (bicyclic) bond motifs is 3. The average molecular weight is 570 g/mol. The molecule has 0 radical (unpaired) electrons. The summed E-state index contributed by atoms with van der Waals surface area (Å²) in [5.74, 6) is -10.1. The van der Waals surface area contributed by atoms with Crippen molar-refractivity contribution >= 4 is 35.2 Å². The molecule has 1 aromatic carbocycles. The number of phenolic OH excluding ortho intramolecular Hbond substituents is 1. The maximum absolute atomic E-state index is 14.0. The number of aliphatic hydroxyl groups excluding tert-OH is 3. The van der Waals surface area contributed by atoms with E-state index in [4.69, 9.17) is 5.73 Å². The summed E-state index contributed by atoms with van der Waals surface area (Å²) in [6.45, 7) is 7.06. The van der Waals surface area contributed by atoms with Crippen LogP contribution in [0.25, 0.3) is 11.8 Å². The number of hydrogen-bond acceptors (Lipinski definition) is 10. The summed E-state index contributed by atoms with van der Waals surface area (Å²) in [4.78, 5) is 53.2. The summed E-state index contributed by atoms with van der Waals surface area (Å²) in [6, 6.07) is 1.33. The first-order valence-corrected chi connectivity index (χ1v) is 13.0. The van der Waals surface area contributed by atoms with Crippen LogP contribution in [-0.4, -0.2) is 91.2 Å². The summed E-state index contributed by atoms with van der Waals surface area (Å²) in [5, 5.41) is 59.4. The Kier molecular flexibility index (Phi) is 7.18. The zero-order valence-electron chi connectivity index (χ0n) is 23.6. The molecule has 0 saturated heterocycles. The van der Waals surface area contributed by atoms with Gasteiger partial charge in [0.1, 0.15) is 22.8 Å². The van der Waals surface area contributed by atoms with E-state index in [1.165, 1.54) is 43.3 Å². The van der Waals surface area contributed by atoms with Crippen LogP contribution in [0.2, 0.25) is 0 Å². The van der Waals surface area contributed by atoms with Crippen molar-refractivity contribution in [2.24, 2.45) is 17.6 Å². The Morgan fingerprint density at radius 1 is 1.12 bits per heavy atom. The summed E-state index contributed by atoms with van der Waals surface area (Å²) < 4.78 is 0. The number of hydrogen-bond donors (Lipinski definition) is 7. The zero-order valence-corrected chi connectivity index (χ0v) is 23.6. The average Bonchev–Trinajstić information content (AvgIpc) is 2.84. The van der Waals surface area contributed by atoms with E-state index in [2.05, 4.69) is 5.32 Å². The van der Waals surface area contributed by atoms with Crippen molar-refractivity contribution in [2.45, 2.75) is 56.9 Å². The number of nitrogens with zero attached hydrogens (tertiary/aromatic N) is 1. The molecule has 41 heavy (non-hydrogen) atoms. The lowest BCUT2D eigenvalue weighted by atomic mass is 9.54. The molecule has 1 saturated carbocycles. The van der Waals surface area contributed by atoms with E-state index in [-0.39, 0.29) is 5.56 Å². The second-order valence-electron chi connectivity index (χ2n) is 12.1. The molecule has 1 aromatic rings. The summed E-state index contributed by atoms with van der Waals surface area (Å²) in [5.41, 5.74) is 0.942. The highest BCUT2D eigenvalue weighted by atomic mass is 16.4. The first-order valence-electron chi connectivity index (χ1n) is 13.0. The van der Waals surface area contributed by atoms with E-state index in [1.54, 1.807) is 6.92 Å². The molecule has 1 fully saturated rings. The van der Waals surface area contributed by atoms with E-state index in [0.29, 0.717) is 11.1 Å². The maximum atomic E-state index is 14.0. The molecule has 0 aliphatic heterocycles. The number of aliphatic hydroxyl groups is 4. The Hall–Kier alpha value is -4.00. The highest BCUT2D eigenvalue weighted by Gasteiger charge is 2.68. The minimum Gasteiger partial charge on any atom is -0.508 e. The number of rotatable bonds is 4. The molecular weight excluding hydrogens is 534 g/mol. The van der Waals surface area contributed by atoms with Gasteiger partial charge in [0.25, 0.3) is 5.91 Å². The number of primary amides is 1. The Morgan fingerprint density at radius 3 is 2.27 bits per heavy atom. The number of benzene rings is 1. The van der Waals surface area contributed by atoms with Crippen LogP contribution < -0.4 is 11.1 Å². The van der Waals surface area contributed by atoms with Crippen LogP contribution in [0.3, 0.4) is 0 Å². The van der Waals surface area contributed by atoms with Gasteiger partial charge in [0.2, 0.25) is 11.7 Å². The second-order valence-corrected chi connectivity index (χ2v) is 12.1. The van der Waals surface area contributed by atoms with Crippen LogP contribution in [0.4, 0.5) is 0 Å². The highest BCUT2D eigenvalue weighted by Crippen LogP contribution is 2.56. The second kappa shape index (κ2) is 9.82. The van der Waals surface area contributed by atoms with Gasteiger partial charge in [0, 0.05) is 23.1 Å². The van der Waals surface area contributed by atoms with Crippen LogP contribution in [-0.2, 0) is 19.2 Å². The molecule has 6 atom stereocenters. The number of Topliss-reactive ketones (excluding diaryl/α,β-unsaturated/α-hetero) is 2. The number of nitrogens with two attached hydrogens (primary N) is 1. The van der Waals surface area contributed by atoms with Crippen LogP contribution in [0.5, 0.6) is 5.75 Å². The zero-order chi connectivity index (χ0) is 30.9. The topological polar surface area (TPSA) is 211 Å². The Labute approximate surface area is 236 Å². The fourth-order valence-electron chi connectivity index (χ4n) is 6.45. The van der Waals surface area contributed by atoms with Gasteiger partial charge in [-0.3, -0.25) is 24.1 Å². The van der Waals surface area contributed by atoms with E-state index < -0.39 is 92.8 Å². The standard InChI is InChI=1S/C29H35N3O9/c1-11-15-12(8-10-14(34)31-28(2,3)4)7-9-13(33)17(15)22(35)18-16(11)23(36)20-21(32(5)6)24(37)19(27(30)40)26(39)29(20,41)25(18)38/h7-11,16,20-21,23,33,35-36,39,41H,1-6H3,(H2,30,40)(H,31,34)/b10-8+/t11-,16+,20+,21-,23-,29-/m1/s1. The van der Waals surface area contributed by atoms with Crippen molar-refractivity contribution < 1.29 is 44.7 Å². The fraction of sp³-hybridized carbons (Fsp3) is 0.448. The molecule has 0 unspecified atom stereocenters. The lowest BCUT2D eigenvalue weighted by Crippen LogP contribution is -2.70. The summed E-state index contributed by atoms with van der Waals surface area (Å²) >= 11 is 0. The van der Waals surface area contributed by atoms with Crippen molar-refractivity contribution in [1.29, 1.82) is 0 Å². The van der Waals surface area contributed by atoms with E-state index in [9.17, 15) is 44.7 Å². The largest absolute Gasteiger partial charge is 0.508 e. The number of phenols is 1. The first kappa shape index (κ1) is 30.0. The monoisotopic (exact) mass is 569 g/mol. The lowest BCUT2D eigenvalue weighted by Gasteiger charge is -2.53. The molecule has 12 heteroatoms. The quantitative estimate of drug-likeness (QED) is 0.196. The Balaban J connectivity index is 1.97. The molecule has 3 aliphatic carbocycles.